The molecule has 206 valence electrons. The summed E-state index contributed by atoms with van der Waals surface area (Å²) < 4.78 is 18.1. The van der Waals surface area contributed by atoms with Gasteiger partial charge in [-0.05, 0) is 57.9 Å². The van der Waals surface area contributed by atoms with Crippen LogP contribution < -0.4 is 19.6 Å². The standard InChI is InChI=1S/C31H23Br2N3O5/c1-39-23-13-14-24(40-2)27-26(23)25(18-9-5-3-6-10-18)28(35-27)30(37)36-34-17-20-15-21(32)16-22(33)29(20)41-31(38)19-11-7-4-8-12-19/h3-17,35H,1-2H3,(H,36,37). The van der Waals surface area contributed by atoms with Crippen molar-refractivity contribution in [1.29, 1.82) is 0 Å². The minimum atomic E-state index is -0.527. The predicted molar refractivity (Wildman–Crippen MR) is 165 cm³/mol. The van der Waals surface area contributed by atoms with Crippen molar-refractivity contribution in [1.82, 2.24) is 10.4 Å². The van der Waals surface area contributed by atoms with Crippen LogP contribution in [0.1, 0.15) is 26.4 Å². The van der Waals surface area contributed by atoms with Gasteiger partial charge in [-0.1, -0.05) is 64.5 Å². The van der Waals surface area contributed by atoms with Crippen LogP contribution in [0.4, 0.5) is 0 Å². The first-order valence-electron chi connectivity index (χ1n) is 12.3. The van der Waals surface area contributed by atoms with Crippen LogP contribution in [-0.2, 0) is 0 Å². The number of fused-ring (bicyclic) bond motifs is 1. The van der Waals surface area contributed by atoms with Gasteiger partial charge in [0.2, 0.25) is 0 Å². The van der Waals surface area contributed by atoms with E-state index in [0.717, 1.165) is 10.0 Å². The number of carbonyl (C=O) groups excluding carboxylic acids is 2. The lowest BCUT2D eigenvalue weighted by molar-refractivity contribution is 0.0733. The number of methoxy groups -OCH3 is 2. The van der Waals surface area contributed by atoms with Crippen molar-refractivity contribution >= 4 is 60.9 Å². The second-order valence-electron chi connectivity index (χ2n) is 8.72. The molecule has 0 atom stereocenters. The van der Waals surface area contributed by atoms with Crippen LogP contribution in [0.5, 0.6) is 17.2 Å². The Morgan fingerprint density at radius 3 is 2.22 bits per heavy atom. The fraction of sp³-hybridized carbons (Fsp3) is 0.0645. The number of esters is 1. The van der Waals surface area contributed by atoms with Gasteiger partial charge >= 0.3 is 5.97 Å². The maximum Gasteiger partial charge on any atom is 0.343 e. The van der Waals surface area contributed by atoms with E-state index in [1.165, 1.54) is 6.21 Å². The highest BCUT2D eigenvalue weighted by atomic mass is 79.9. The number of carbonyl (C=O) groups is 2. The van der Waals surface area contributed by atoms with Gasteiger partial charge in [-0.2, -0.15) is 5.10 Å². The van der Waals surface area contributed by atoms with Crippen LogP contribution in [0.3, 0.4) is 0 Å². The van der Waals surface area contributed by atoms with Crippen LogP contribution in [-0.4, -0.2) is 37.3 Å². The zero-order chi connectivity index (χ0) is 28.9. The largest absolute Gasteiger partial charge is 0.496 e. The minimum Gasteiger partial charge on any atom is -0.496 e. The summed E-state index contributed by atoms with van der Waals surface area (Å²) in [5.74, 6) is 0.384. The van der Waals surface area contributed by atoms with E-state index in [1.807, 2.05) is 36.4 Å². The molecule has 0 aliphatic rings. The average Bonchev–Trinajstić information content (AvgIpc) is 3.40. The highest BCUT2D eigenvalue weighted by molar-refractivity contribution is 9.11. The number of nitrogens with one attached hydrogen (secondary N) is 2. The molecule has 1 amide bonds. The highest BCUT2D eigenvalue weighted by Gasteiger charge is 2.24. The number of H-pyrrole nitrogens is 1. The number of hydrogen-bond donors (Lipinski definition) is 2. The molecule has 8 nitrogen and oxygen atoms in total. The summed E-state index contributed by atoms with van der Waals surface area (Å²) in [5.41, 5.74) is 5.80. The second-order valence-corrected chi connectivity index (χ2v) is 10.5. The van der Waals surface area contributed by atoms with E-state index in [2.05, 4.69) is 47.4 Å². The van der Waals surface area contributed by atoms with Crippen molar-refractivity contribution in [2.75, 3.05) is 14.2 Å². The van der Waals surface area contributed by atoms with E-state index in [1.54, 1.807) is 62.8 Å². The smallest absolute Gasteiger partial charge is 0.343 e. The molecule has 0 radical (unpaired) electrons. The molecule has 1 aromatic heterocycles. The topological polar surface area (TPSA) is 102 Å². The first-order chi connectivity index (χ1) is 19.9. The normalized spacial score (nSPS) is 11.0. The number of aromatic amines is 1. The zero-order valence-corrected chi connectivity index (χ0v) is 25.1. The molecule has 0 aliphatic carbocycles. The number of hydrazone groups is 1. The molecule has 4 aromatic carbocycles. The molecule has 10 heteroatoms. The van der Waals surface area contributed by atoms with E-state index in [-0.39, 0.29) is 11.4 Å². The number of amides is 1. The third-order valence-electron chi connectivity index (χ3n) is 6.22. The lowest BCUT2D eigenvalue weighted by Crippen LogP contribution is -2.19. The van der Waals surface area contributed by atoms with Gasteiger partial charge in [0.25, 0.3) is 5.91 Å². The molecular formula is C31H23Br2N3O5. The van der Waals surface area contributed by atoms with E-state index in [4.69, 9.17) is 14.2 Å². The third-order valence-corrected chi connectivity index (χ3v) is 7.27. The van der Waals surface area contributed by atoms with Gasteiger partial charge in [-0.15, -0.1) is 0 Å². The van der Waals surface area contributed by atoms with E-state index in [0.29, 0.717) is 43.6 Å². The molecule has 0 bridgehead atoms. The Bertz CT molecular complexity index is 1770. The van der Waals surface area contributed by atoms with E-state index < -0.39 is 11.9 Å². The average molecular weight is 677 g/mol. The fourth-order valence-corrected chi connectivity index (χ4v) is 5.72. The van der Waals surface area contributed by atoms with Gasteiger partial charge in [-0.25, -0.2) is 10.2 Å². The van der Waals surface area contributed by atoms with Crippen molar-refractivity contribution in [3.05, 3.63) is 111 Å². The monoisotopic (exact) mass is 675 g/mol. The lowest BCUT2D eigenvalue weighted by Gasteiger charge is -2.10. The van der Waals surface area contributed by atoms with Crippen LogP contribution in [0.2, 0.25) is 0 Å². The zero-order valence-electron chi connectivity index (χ0n) is 21.9. The third kappa shape index (κ3) is 5.89. The van der Waals surface area contributed by atoms with Crippen LogP contribution in [0, 0.1) is 0 Å². The number of aromatic nitrogens is 1. The Kier molecular flexibility index (Phi) is 8.51. The summed E-state index contributed by atoms with van der Waals surface area (Å²) in [6.45, 7) is 0. The Hall–Kier alpha value is -4.41. The molecule has 1 heterocycles. The van der Waals surface area contributed by atoms with Gasteiger partial charge < -0.3 is 19.2 Å². The van der Waals surface area contributed by atoms with Gasteiger partial charge in [0, 0.05) is 15.6 Å². The van der Waals surface area contributed by atoms with Gasteiger partial charge in [0.15, 0.2) is 5.75 Å². The number of halogens is 2. The summed E-state index contributed by atoms with van der Waals surface area (Å²) in [6, 6.07) is 25.2. The summed E-state index contributed by atoms with van der Waals surface area (Å²) in [5, 5.41) is 4.90. The summed E-state index contributed by atoms with van der Waals surface area (Å²) in [4.78, 5) is 29.5. The molecule has 0 fully saturated rings. The first kappa shape index (κ1) is 28.1. The van der Waals surface area contributed by atoms with Crippen molar-refractivity contribution in [2.24, 2.45) is 5.10 Å². The first-order valence-corrected chi connectivity index (χ1v) is 13.9. The molecule has 0 aliphatic heterocycles. The summed E-state index contributed by atoms with van der Waals surface area (Å²) >= 11 is 6.90. The Morgan fingerprint density at radius 1 is 0.878 bits per heavy atom. The van der Waals surface area contributed by atoms with Crippen LogP contribution in [0.15, 0.2) is 99.0 Å². The van der Waals surface area contributed by atoms with Crippen LogP contribution >= 0.6 is 31.9 Å². The van der Waals surface area contributed by atoms with E-state index >= 15 is 0 Å². The van der Waals surface area contributed by atoms with Gasteiger partial charge in [0.05, 0.1) is 41.4 Å². The molecule has 2 N–H and O–H groups in total. The molecule has 0 spiro atoms. The van der Waals surface area contributed by atoms with Crippen molar-refractivity contribution in [2.45, 2.75) is 0 Å². The molecule has 0 unspecified atom stereocenters. The molecule has 5 rings (SSSR count). The molecular weight excluding hydrogens is 654 g/mol. The maximum atomic E-state index is 13.5. The van der Waals surface area contributed by atoms with Crippen LogP contribution in [0.25, 0.3) is 22.0 Å². The van der Waals surface area contributed by atoms with Crippen molar-refractivity contribution in [3.8, 4) is 28.4 Å². The maximum absolute atomic E-state index is 13.5. The molecule has 41 heavy (non-hydrogen) atoms. The van der Waals surface area contributed by atoms with Crippen molar-refractivity contribution < 1.29 is 23.8 Å². The Labute approximate surface area is 252 Å². The summed E-state index contributed by atoms with van der Waals surface area (Å²) in [7, 11) is 3.14. The van der Waals surface area contributed by atoms with E-state index in [9.17, 15) is 9.59 Å². The number of nitrogens with zero attached hydrogens (tertiary/aromatic N) is 1. The number of ether oxygens (including phenoxy) is 3. The fourth-order valence-electron chi connectivity index (χ4n) is 4.38. The molecule has 0 saturated heterocycles. The molecule has 5 aromatic rings. The molecule has 0 saturated carbocycles. The van der Waals surface area contributed by atoms with Gasteiger partial charge in [0.1, 0.15) is 17.2 Å². The quantitative estimate of drug-likeness (QED) is 0.0774. The number of benzene rings is 4. The summed E-state index contributed by atoms with van der Waals surface area (Å²) in [6.07, 6.45) is 1.41. The second kappa shape index (κ2) is 12.4. The lowest BCUT2D eigenvalue weighted by atomic mass is 10.0. The predicted octanol–water partition coefficient (Wildman–Crippen LogP) is 7.36. The number of rotatable bonds is 8. The van der Waals surface area contributed by atoms with Gasteiger partial charge in [-0.3, -0.25) is 4.79 Å². The number of hydrogen-bond acceptors (Lipinski definition) is 6. The highest BCUT2D eigenvalue weighted by Crippen LogP contribution is 2.42. The minimum absolute atomic E-state index is 0.255. The van der Waals surface area contributed by atoms with Crippen molar-refractivity contribution in [3.63, 3.8) is 0 Å². The SMILES string of the molecule is COc1ccc(OC)c2c(-c3ccccc3)c(C(=O)NN=Cc3cc(Br)cc(Br)c3OC(=O)c3ccccc3)[nH]c12. The Balaban J connectivity index is 1.50. The Morgan fingerprint density at radius 2 is 1.54 bits per heavy atom.